The number of halogens is 1. The third kappa shape index (κ3) is 3.90. The first kappa shape index (κ1) is 15.9. The Morgan fingerprint density at radius 3 is 2.60 bits per heavy atom. The molecule has 1 aromatic rings. The number of rotatable bonds is 6. The van der Waals surface area contributed by atoms with E-state index in [-0.39, 0.29) is 22.7 Å². The second-order valence-corrected chi connectivity index (χ2v) is 4.21. The monoisotopic (exact) mass is 302 g/mol. The molecule has 0 unspecified atom stereocenters. The number of nitrogens with zero attached hydrogens (tertiary/aromatic N) is 1. The quantitative estimate of drug-likeness (QED) is 0.526. The Kier molecular flexibility index (Phi) is 5.42. The summed E-state index contributed by atoms with van der Waals surface area (Å²) in [6, 6.07) is 1.95. The van der Waals surface area contributed by atoms with Gasteiger partial charge in [0.2, 0.25) is 0 Å². The highest BCUT2D eigenvalue weighted by molar-refractivity contribution is 6.34. The molecule has 108 valence electrons. The largest absolute Gasteiger partial charge is 0.480 e. The number of carboxylic acid groups (broad SMARTS) is 1. The van der Waals surface area contributed by atoms with Crippen molar-refractivity contribution in [3.8, 4) is 0 Å². The molecule has 1 rings (SSSR count). The zero-order valence-electron chi connectivity index (χ0n) is 10.1. The standard InChI is InChI=1S/C11H11ClN2O6/c12-8-2-1-6(14(19)20)5-7(8)10(16)13-9(3-4-15)11(17)18/h1-2,5,9,15H,3-4H2,(H,13,16)(H,17,18)/t9-/m0/s1. The molecule has 0 aliphatic heterocycles. The van der Waals surface area contributed by atoms with Gasteiger partial charge in [0.05, 0.1) is 15.5 Å². The number of aliphatic hydroxyl groups is 1. The van der Waals surface area contributed by atoms with Gasteiger partial charge in [-0.3, -0.25) is 14.9 Å². The summed E-state index contributed by atoms with van der Waals surface area (Å²) in [6.45, 7) is -0.431. The van der Waals surface area contributed by atoms with Crippen LogP contribution in [-0.4, -0.2) is 39.7 Å². The van der Waals surface area contributed by atoms with Crippen molar-refractivity contribution in [2.24, 2.45) is 0 Å². The first-order valence-electron chi connectivity index (χ1n) is 5.45. The average Bonchev–Trinajstić information content (AvgIpc) is 2.38. The van der Waals surface area contributed by atoms with Gasteiger partial charge in [-0.05, 0) is 6.07 Å². The zero-order chi connectivity index (χ0) is 15.3. The Labute approximate surface area is 118 Å². The van der Waals surface area contributed by atoms with Crippen molar-refractivity contribution < 1.29 is 24.7 Å². The van der Waals surface area contributed by atoms with E-state index in [1.54, 1.807) is 0 Å². The van der Waals surface area contributed by atoms with E-state index in [1.165, 1.54) is 6.07 Å². The summed E-state index contributed by atoms with van der Waals surface area (Å²) in [4.78, 5) is 32.6. The van der Waals surface area contributed by atoms with Crippen LogP contribution < -0.4 is 5.32 Å². The average molecular weight is 303 g/mol. The Morgan fingerprint density at radius 2 is 2.10 bits per heavy atom. The maximum Gasteiger partial charge on any atom is 0.326 e. The van der Waals surface area contributed by atoms with Crippen LogP contribution in [0.3, 0.4) is 0 Å². The molecule has 0 heterocycles. The number of hydrogen-bond acceptors (Lipinski definition) is 5. The smallest absolute Gasteiger partial charge is 0.326 e. The lowest BCUT2D eigenvalue weighted by Gasteiger charge is -2.13. The molecule has 0 saturated heterocycles. The second kappa shape index (κ2) is 6.83. The molecule has 9 heteroatoms. The normalized spacial score (nSPS) is 11.7. The van der Waals surface area contributed by atoms with Crippen molar-refractivity contribution in [3.05, 3.63) is 38.9 Å². The van der Waals surface area contributed by atoms with Crippen LogP contribution in [0.1, 0.15) is 16.8 Å². The molecule has 8 nitrogen and oxygen atoms in total. The van der Waals surface area contributed by atoms with E-state index in [0.29, 0.717) is 0 Å². The number of nitro groups is 1. The van der Waals surface area contributed by atoms with Gasteiger partial charge in [-0.15, -0.1) is 0 Å². The predicted octanol–water partition coefficient (Wildman–Crippen LogP) is 0.814. The second-order valence-electron chi connectivity index (χ2n) is 3.80. The van der Waals surface area contributed by atoms with Gasteiger partial charge in [-0.1, -0.05) is 11.6 Å². The molecule has 0 aromatic heterocycles. The number of amides is 1. The molecule has 0 fully saturated rings. The summed E-state index contributed by atoms with van der Waals surface area (Å²) < 4.78 is 0. The fourth-order valence-corrected chi connectivity index (χ4v) is 1.63. The molecule has 20 heavy (non-hydrogen) atoms. The summed E-state index contributed by atoms with van der Waals surface area (Å²) in [5.74, 6) is -2.19. The summed E-state index contributed by atoms with van der Waals surface area (Å²) in [5, 5.41) is 30.3. The number of benzene rings is 1. The van der Waals surface area contributed by atoms with Gasteiger partial charge in [0.25, 0.3) is 11.6 Å². The molecule has 1 atom stereocenters. The fourth-order valence-electron chi connectivity index (χ4n) is 1.42. The molecular formula is C11H11ClN2O6. The van der Waals surface area contributed by atoms with E-state index >= 15 is 0 Å². The number of nitrogens with one attached hydrogen (secondary N) is 1. The molecule has 0 radical (unpaired) electrons. The first-order chi connectivity index (χ1) is 9.36. The summed E-state index contributed by atoms with van der Waals surface area (Å²) in [5.41, 5.74) is -0.543. The van der Waals surface area contributed by atoms with Crippen LogP contribution in [0.25, 0.3) is 0 Å². The molecule has 0 aliphatic rings. The van der Waals surface area contributed by atoms with E-state index in [4.69, 9.17) is 21.8 Å². The van der Waals surface area contributed by atoms with E-state index in [9.17, 15) is 19.7 Å². The van der Waals surface area contributed by atoms with E-state index in [2.05, 4.69) is 5.32 Å². The van der Waals surface area contributed by atoms with E-state index in [1.807, 2.05) is 0 Å². The number of aliphatic carboxylic acids is 1. The number of carboxylic acids is 1. The molecule has 0 bridgehead atoms. The summed E-state index contributed by atoms with van der Waals surface area (Å²) in [7, 11) is 0. The minimum Gasteiger partial charge on any atom is -0.480 e. The number of hydrogen-bond donors (Lipinski definition) is 3. The molecule has 0 saturated carbocycles. The van der Waals surface area contributed by atoms with Crippen LogP contribution in [0.4, 0.5) is 5.69 Å². The van der Waals surface area contributed by atoms with Gasteiger partial charge < -0.3 is 15.5 Å². The van der Waals surface area contributed by atoms with Crippen LogP contribution >= 0.6 is 11.6 Å². The van der Waals surface area contributed by atoms with Gasteiger partial charge in [-0.25, -0.2) is 4.79 Å². The summed E-state index contributed by atoms with van der Waals surface area (Å²) in [6.07, 6.45) is -0.187. The van der Waals surface area contributed by atoms with Crippen molar-refractivity contribution in [1.82, 2.24) is 5.32 Å². The summed E-state index contributed by atoms with van der Waals surface area (Å²) >= 11 is 5.76. The highest BCUT2D eigenvalue weighted by Crippen LogP contribution is 2.22. The van der Waals surface area contributed by atoms with Gasteiger partial charge in [-0.2, -0.15) is 0 Å². The minimum atomic E-state index is -1.33. The topological polar surface area (TPSA) is 130 Å². The van der Waals surface area contributed by atoms with Crippen LogP contribution in [0, 0.1) is 10.1 Å². The zero-order valence-corrected chi connectivity index (χ0v) is 10.8. The number of carbonyl (C=O) groups excluding carboxylic acids is 1. The van der Waals surface area contributed by atoms with Crippen LogP contribution in [-0.2, 0) is 4.79 Å². The minimum absolute atomic E-state index is 0.0405. The van der Waals surface area contributed by atoms with E-state index in [0.717, 1.165) is 12.1 Å². The van der Waals surface area contributed by atoms with Crippen molar-refractivity contribution in [2.75, 3.05) is 6.61 Å². The molecule has 0 aliphatic carbocycles. The Hall–Kier alpha value is -2.19. The van der Waals surface area contributed by atoms with Gasteiger partial charge in [0.15, 0.2) is 0 Å². The third-order valence-corrected chi connectivity index (χ3v) is 2.76. The maximum absolute atomic E-state index is 11.9. The molecule has 3 N–H and O–H groups in total. The maximum atomic E-state index is 11.9. The van der Waals surface area contributed by atoms with Crippen LogP contribution in [0.15, 0.2) is 18.2 Å². The van der Waals surface area contributed by atoms with Crippen molar-refractivity contribution in [3.63, 3.8) is 0 Å². The highest BCUT2D eigenvalue weighted by atomic mass is 35.5. The SMILES string of the molecule is O=C(N[C@@H](CCO)C(=O)O)c1cc([N+](=O)[O-])ccc1Cl. The first-order valence-corrected chi connectivity index (χ1v) is 5.83. The Balaban J connectivity index is 2.99. The molecule has 0 spiro atoms. The molecular weight excluding hydrogens is 292 g/mol. The fraction of sp³-hybridized carbons (Fsp3) is 0.273. The lowest BCUT2D eigenvalue weighted by atomic mass is 10.1. The van der Waals surface area contributed by atoms with E-state index < -0.39 is 29.4 Å². The lowest BCUT2D eigenvalue weighted by Crippen LogP contribution is -2.41. The number of aliphatic hydroxyl groups excluding tert-OH is 1. The molecule has 1 amide bonds. The van der Waals surface area contributed by atoms with Crippen molar-refractivity contribution in [1.29, 1.82) is 0 Å². The van der Waals surface area contributed by atoms with Crippen LogP contribution in [0.2, 0.25) is 5.02 Å². The lowest BCUT2D eigenvalue weighted by molar-refractivity contribution is -0.384. The number of nitro benzene ring substituents is 1. The highest BCUT2D eigenvalue weighted by Gasteiger charge is 2.22. The van der Waals surface area contributed by atoms with Crippen molar-refractivity contribution >= 4 is 29.2 Å². The Morgan fingerprint density at radius 1 is 1.45 bits per heavy atom. The third-order valence-electron chi connectivity index (χ3n) is 2.43. The number of non-ortho nitro benzene ring substituents is 1. The van der Waals surface area contributed by atoms with Gasteiger partial charge >= 0.3 is 5.97 Å². The predicted molar refractivity (Wildman–Crippen MR) is 68.7 cm³/mol. The number of carbonyl (C=O) groups is 2. The van der Waals surface area contributed by atoms with Gasteiger partial charge in [0, 0.05) is 25.2 Å². The van der Waals surface area contributed by atoms with Crippen molar-refractivity contribution in [2.45, 2.75) is 12.5 Å². The Bertz CT molecular complexity index is 548. The molecule has 1 aromatic carbocycles. The van der Waals surface area contributed by atoms with Crippen LogP contribution in [0.5, 0.6) is 0 Å². The van der Waals surface area contributed by atoms with Gasteiger partial charge in [0.1, 0.15) is 6.04 Å².